The van der Waals surface area contributed by atoms with Gasteiger partial charge in [0.25, 0.3) is 11.6 Å². The van der Waals surface area contributed by atoms with Crippen LogP contribution in [-0.2, 0) is 4.74 Å². The van der Waals surface area contributed by atoms with Crippen LogP contribution in [0.2, 0.25) is 0 Å². The quantitative estimate of drug-likeness (QED) is 0.605. The third kappa shape index (κ3) is 3.88. The number of hydrogen-bond donors (Lipinski definition) is 1. The van der Waals surface area contributed by atoms with Gasteiger partial charge < -0.3 is 15.0 Å². The molecule has 1 amide bonds. The van der Waals surface area contributed by atoms with Gasteiger partial charge in [0, 0.05) is 26.8 Å². The zero-order valence-electron chi connectivity index (χ0n) is 12.6. The second kappa shape index (κ2) is 7.53. The van der Waals surface area contributed by atoms with Crippen molar-refractivity contribution >= 4 is 17.4 Å². The van der Waals surface area contributed by atoms with Gasteiger partial charge in [-0.1, -0.05) is 0 Å². The van der Waals surface area contributed by atoms with Crippen LogP contribution in [0.15, 0.2) is 12.3 Å². The molecule has 0 aliphatic rings. The third-order valence-electron chi connectivity index (χ3n) is 3.11. The molecule has 8 nitrogen and oxygen atoms in total. The van der Waals surface area contributed by atoms with E-state index >= 15 is 0 Å². The van der Waals surface area contributed by atoms with E-state index in [2.05, 4.69) is 10.3 Å². The van der Waals surface area contributed by atoms with Gasteiger partial charge in [0.05, 0.1) is 17.6 Å². The zero-order chi connectivity index (χ0) is 16.0. The Hall–Kier alpha value is -2.22. The summed E-state index contributed by atoms with van der Waals surface area (Å²) < 4.78 is 5.04. The molecule has 0 saturated heterocycles. The van der Waals surface area contributed by atoms with Gasteiger partial charge in [0.2, 0.25) is 0 Å². The van der Waals surface area contributed by atoms with E-state index in [1.165, 1.54) is 11.0 Å². The number of aromatic nitrogens is 1. The molecule has 0 bridgehead atoms. The minimum atomic E-state index is -0.603. The molecule has 1 aromatic rings. The van der Waals surface area contributed by atoms with Crippen LogP contribution in [0.5, 0.6) is 0 Å². The highest BCUT2D eigenvalue weighted by Gasteiger charge is 2.27. The minimum absolute atomic E-state index is 0.0177. The van der Waals surface area contributed by atoms with E-state index in [1.807, 2.05) is 13.8 Å². The SMILES string of the molecule is CCN(C(=O)c1cc(NC)ncc1[N+](=O)[O-])C(C)COC. The average molecular weight is 296 g/mol. The fraction of sp³-hybridized carbons (Fsp3) is 0.538. The Morgan fingerprint density at radius 2 is 2.29 bits per heavy atom. The van der Waals surface area contributed by atoms with E-state index in [1.54, 1.807) is 14.2 Å². The van der Waals surface area contributed by atoms with Gasteiger partial charge in [0.15, 0.2) is 0 Å². The first-order chi connectivity index (χ1) is 9.96. The maximum Gasteiger partial charge on any atom is 0.300 e. The van der Waals surface area contributed by atoms with Crippen LogP contribution in [0.4, 0.5) is 11.5 Å². The van der Waals surface area contributed by atoms with E-state index < -0.39 is 10.8 Å². The largest absolute Gasteiger partial charge is 0.383 e. The van der Waals surface area contributed by atoms with Crippen molar-refractivity contribution in [1.29, 1.82) is 0 Å². The van der Waals surface area contributed by atoms with Crippen LogP contribution >= 0.6 is 0 Å². The molecule has 0 spiro atoms. The van der Waals surface area contributed by atoms with Crippen molar-refractivity contribution in [3.63, 3.8) is 0 Å². The predicted octanol–water partition coefficient (Wildman–Crippen LogP) is 1.53. The maximum atomic E-state index is 12.6. The fourth-order valence-corrected chi connectivity index (χ4v) is 2.04. The summed E-state index contributed by atoms with van der Waals surface area (Å²) in [7, 11) is 3.18. The molecule has 116 valence electrons. The molecule has 0 radical (unpaired) electrons. The van der Waals surface area contributed by atoms with Crippen LogP contribution in [0.1, 0.15) is 24.2 Å². The van der Waals surface area contributed by atoms with Crippen LogP contribution in [0.3, 0.4) is 0 Å². The number of nitrogens with one attached hydrogen (secondary N) is 1. The molecule has 0 fully saturated rings. The molecular formula is C13H20N4O4. The second-order valence-electron chi connectivity index (χ2n) is 4.49. The van der Waals surface area contributed by atoms with Crippen molar-refractivity contribution in [2.45, 2.75) is 19.9 Å². The third-order valence-corrected chi connectivity index (χ3v) is 3.11. The van der Waals surface area contributed by atoms with Crippen LogP contribution in [0, 0.1) is 10.1 Å². The van der Waals surface area contributed by atoms with Gasteiger partial charge in [-0.05, 0) is 13.8 Å². The maximum absolute atomic E-state index is 12.6. The van der Waals surface area contributed by atoms with Crippen LogP contribution in [0.25, 0.3) is 0 Å². The molecule has 8 heteroatoms. The van der Waals surface area contributed by atoms with Gasteiger partial charge in [0.1, 0.15) is 17.6 Å². The molecule has 1 aromatic heterocycles. The molecule has 1 N–H and O–H groups in total. The van der Waals surface area contributed by atoms with Gasteiger partial charge in [-0.2, -0.15) is 0 Å². The van der Waals surface area contributed by atoms with Crippen molar-refractivity contribution in [2.24, 2.45) is 0 Å². The summed E-state index contributed by atoms with van der Waals surface area (Å²) >= 11 is 0. The number of anilines is 1. The number of carbonyl (C=O) groups is 1. The molecule has 0 aliphatic heterocycles. The van der Waals surface area contributed by atoms with Crippen molar-refractivity contribution < 1.29 is 14.5 Å². The van der Waals surface area contributed by atoms with E-state index in [-0.39, 0.29) is 17.3 Å². The van der Waals surface area contributed by atoms with Crippen molar-refractivity contribution in [3.05, 3.63) is 27.9 Å². The van der Waals surface area contributed by atoms with E-state index in [0.29, 0.717) is 19.0 Å². The Balaban J connectivity index is 3.22. The summed E-state index contributed by atoms with van der Waals surface area (Å²) in [4.78, 5) is 28.5. The number of methoxy groups -OCH3 is 1. The molecule has 1 unspecified atom stereocenters. The number of ether oxygens (including phenoxy) is 1. The average Bonchev–Trinajstić information content (AvgIpc) is 2.47. The Kier molecular flexibility index (Phi) is 6.04. The monoisotopic (exact) mass is 296 g/mol. The van der Waals surface area contributed by atoms with Gasteiger partial charge in [-0.15, -0.1) is 0 Å². The highest BCUT2D eigenvalue weighted by atomic mass is 16.6. The highest BCUT2D eigenvalue weighted by Crippen LogP contribution is 2.22. The normalized spacial score (nSPS) is 11.8. The fourth-order valence-electron chi connectivity index (χ4n) is 2.04. The molecule has 1 rings (SSSR count). The summed E-state index contributed by atoms with van der Waals surface area (Å²) in [5.74, 6) is -0.00736. The molecule has 0 aromatic carbocycles. The lowest BCUT2D eigenvalue weighted by Gasteiger charge is -2.27. The molecule has 1 heterocycles. The van der Waals surface area contributed by atoms with E-state index in [0.717, 1.165) is 6.20 Å². The van der Waals surface area contributed by atoms with Gasteiger partial charge in [-0.25, -0.2) is 4.98 Å². The lowest BCUT2D eigenvalue weighted by Crippen LogP contribution is -2.41. The topological polar surface area (TPSA) is 97.6 Å². The van der Waals surface area contributed by atoms with Crippen molar-refractivity contribution in [1.82, 2.24) is 9.88 Å². The first-order valence-electron chi connectivity index (χ1n) is 6.58. The Bertz CT molecular complexity index is 521. The summed E-state index contributed by atoms with van der Waals surface area (Å²) in [6, 6.07) is 1.21. The van der Waals surface area contributed by atoms with Gasteiger partial charge >= 0.3 is 0 Å². The molecule has 0 aliphatic carbocycles. The number of likely N-dealkylation sites (N-methyl/N-ethyl adjacent to an activating group) is 1. The Morgan fingerprint density at radius 3 is 2.76 bits per heavy atom. The number of amides is 1. The Morgan fingerprint density at radius 1 is 1.62 bits per heavy atom. The van der Waals surface area contributed by atoms with Crippen molar-refractivity contribution in [2.75, 3.05) is 32.6 Å². The van der Waals surface area contributed by atoms with E-state index in [9.17, 15) is 14.9 Å². The second-order valence-corrected chi connectivity index (χ2v) is 4.49. The summed E-state index contributed by atoms with van der Waals surface area (Å²) in [6.07, 6.45) is 1.09. The number of rotatable bonds is 7. The summed E-state index contributed by atoms with van der Waals surface area (Å²) in [5.41, 5.74) is -0.286. The molecular weight excluding hydrogens is 276 g/mol. The lowest BCUT2D eigenvalue weighted by atomic mass is 10.1. The molecule has 1 atom stereocenters. The van der Waals surface area contributed by atoms with Gasteiger partial charge in [-0.3, -0.25) is 14.9 Å². The zero-order valence-corrected chi connectivity index (χ0v) is 12.6. The first kappa shape index (κ1) is 16.8. The number of carbonyl (C=O) groups excluding carboxylic acids is 1. The number of nitrogens with zero attached hydrogens (tertiary/aromatic N) is 3. The smallest absolute Gasteiger partial charge is 0.300 e. The minimum Gasteiger partial charge on any atom is -0.383 e. The molecule has 21 heavy (non-hydrogen) atoms. The first-order valence-corrected chi connectivity index (χ1v) is 6.58. The molecule has 0 saturated carbocycles. The Labute approximate surface area is 123 Å². The summed E-state index contributed by atoms with van der Waals surface area (Å²) in [5, 5.41) is 13.9. The van der Waals surface area contributed by atoms with Crippen molar-refractivity contribution in [3.8, 4) is 0 Å². The lowest BCUT2D eigenvalue weighted by molar-refractivity contribution is -0.385. The standard InChI is InChI=1S/C13H20N4O4/c1-5-16(9(2)8-21-4)13(18)10-6-12(14-3)15-7-11(10)17(19)20/h6-7,9H,5,8H2,1-4H3,(H,14,15). The van der Waals surface area contributed by atoms with Crippen LogP contribution in [-0.4, -0.2) is 54.1 Å². The number of pyridine rings is 1. The summed E-state index contributed by atoms with van der Waals surface area (Å²) in [6.45, 7) is 4.43. The van der Waals surface area contributed by atoms with Crippen LogP contribution < -0.4 is 5.32 Å². The number of nitro groups is 1. The predicted molar refractivity (Wildman–Crippen MR) is 78.5 cm³/mol. The van der Waals surface area contributed by atoms with E-state index in [4.69, 9.17) is 4.74 Å². The number of hydrogen-bond acceptors (Lipinski definition) is 6. The highest BCUT2D eigenvalue weighted by molar-refractivity contribution is 5.98.